The van der Waals surface area contributed by atoms with Gasteiger partial charge < -0.3 is 23.5 Å². The number of ether oxygens (including phenoxy) is 3. The standard InChI is InChI=1S/C37H36N2O5/c1-5-38(6-2)26-21-22-29(31(24-26)42-7-3)37(28-19-13-12-18-27(28)35(40)44-37)34-32(25-16-10-9-11-17-25)33(36(41)43-8-4)30-20-14-15-23-39(30)34/h9-24H,5-8H2,1-4H3. The van der Waals surface area contributed by atoms with Gasteiger partial charge in [0.2, 0.25) is 5.60 Å². The van der Waals surface area contributed by atoms with Gasteiger partial charge in [0.15, 0.2) is 0 Å². The Hall–Kier alpha value is -5.04. The van der Waals surface area contributed by atoms with Crippen molar-refractivity contribution in [1.82, 2.24) is 4.40 Å². The minimum atomic E-state index is -1.46. The molecule has 2 aromatic heterocycles. The molecular weight excluding hydrogens is 552 g/mol. The number of anilines is 1. The van der Waals surface area contributed by atoms with Crippen LogP contribution in [0.25, 0.3) is 16.6 Å². The zero-order chi connectivity index (χ0) is 30.8. The molecule has 1 aliphatic rings. The first kappa shape index (κ1) is 29.1. The number of cyclic esters (lactones) is 1. The normalized spacial score (nSPS) is 15.6. The molecule has 7 heteroatoms. The van der Waals surface area contributed by atoms with Gasteiger partial charge in [-0.05, 0) is 63.6 Å². The summed E-state index contributed by atoms with van der Waals surface area (Å²) >= 11 is 0. The van der Waals surface area contributed by atoms with Crippen molar-refractivity contribution in [2.75, 3.05) is 31.2 Å². The van der Waals surface area contributed by atoms with E-state index in [-0.39, 0.29) is 6.61 Å². The number of carbonyl (C=O) groups is 2. The smallest absolute Gasteiger partial charge is 0.340 e. The van der Waals surface area contributed by atoms with E-state index in [1.54, 1.807) is 13.0 Å². The van der Waals surface area contributed by atoms with E-state index in [4.69, 9.17) is 14.2 Å². The molecule has 0 spiro atoms. The topological polar surface area (TPSA) is 69.5 Å². The molecule has 0 N–H and O–H groups in total. The Morgan fingerprint density at radius 1 is 0.841 bits per heavy atom. The molecule has 1 aliphatic heterocycles. The fourth-order valence-electron chi connectivity index (χ4n) is 6.43. The average Bonchev–Trinajstić information content (AvgIpc) is 3.56. The number of carbonyl (C=O) groups excluding carboxylic acids is 2. The Balaban J connectivity index is 1.80. The summed E-state index contributed by atoms with van der Waals surface area (Å²) in [6, 6.07) is 28.9. The van der Waals surface area contributed by atoms with E-state index in [0.29, 0.717) is 51.4 Å². The van der Waals surface area contributed by atoms with E-state index in [2.05, 4.69) is 18.7 Å². The number of hydrogen-bond acceptors (Lipinski definition) is 6. The molecule has 0 bridgehead atoms. The van der Waals surface area contributed by atoms with Gasteiger partial charge in [0.1, 0.15) is 5.75 Å². The van der Waals surface area contributed by atoms with E-state index < -0.39 is 17.5 Å². The first-order chi connectivity index (χ1) is 21.5. The van der Waals surface area contributed by atoms with Crippen LogP contribution in [0.3, 0.4) is 0 Å². The molecule has 1 atom stereocenters. The second-order valence-electron chi connectivity index (χ2n) is 10.5. The summed E-state index contributed by atoms with van der Waals surface area (Å²) in [5.41, 5.74) is 4.47. The number of esters is 2. The minimum Gasteiger partial charge on any atom is -0.493 e. The Morgan fingerprint density at radius 2 is 1.57 bits per heavy atom. The van der Waals surface area contributed by atoms with Crippen LogP contribution in [0.15, 0.2) is 97.2 Å². The Labute approximate surface area is 257 Å². The lowest BCUT2D eigenvalue weighted by Gasteiger charge is -2.33. The first-order valence-corrected chi connectivity index (χ1v) is 15.2. The quantitative estimate of drug-likeness (QED) is 0.158. The molecule has 5 aromatic rings. The molecule has 0 fully saturated rings. The molecule has 0 saturated carbocycles. The number of hydrogen-bond donors (Lipinski definition) is 0. The number of nitrogens with zero attached hydrogens (tertiary/aromatic N) is 2. The second kappa shape index (κ2) is 11.9. The fourth-order valence-corrected chi connectivity index (χ4v) is 6.43. The summed E-state index contributed by atoms with van der Waals surface area (Å²) in [6.45, 7) is 10.3. The zero-order valence-electron chi connectivity index (χ0n) is 25.5. The van der Waals surface area contributed by atoms with Crippen molar-refractivity contribution in [1.29, 1.82) is 0 Å². The van der Waals surface area contributed by atoms with E-state index in [1.165, 1.54) is 0 Å². The molecule has 3 aromatic carbocycles. The Morgan fingerprint density at radius 3 is 2.30 bits per heavy atom. The van der Waals surface area contributed by atoms with Gasteiger partial charge in [-0.15, -0.1) is 0 Å². The molecule has 0 radical (unpaired) electrons. The molecule has 224 valence electrons. The van der Waals surface area contributed by atoms with Gasteiger partial charge in [-0.3, -0.25) is 0 Å². The highest BCUT2D eigenvalue weighted by Gasteiger charge is 2.54. The lowest BCUT2D eigenvalue weighted by Crippen LogP contribution is -2.33. The second-order valence-corrected chi connectivity index (χ2v) is 10.5. The highest BCUT2D eigenvalue weighted by molar-refractivity contribution is 6.07. The minimum absolute atomic E-state index is 0.219. The van der Waals surface area contributed by atoms with Crippen molar-refractivity contribution in [2.24, 2.45) is 0 Å². The summed E-state index contributed by atoms with van der Waals surface area (Å²) in [5, 5.41) is 0. The van der Waals surface area contributed by atoms with Crippen molar-refractivity contribution in [2.45, 2.75) is 33.3 Å². The first-order valence-electron chi connectivity index (χ1n) is 15.2. The van der Waals surface area contributed by atoms with Crippen LogP contribution in [-0.4, -0.2) is 42.6 Å². The van der Waals surface area contributed by atoms with Gasteiger partial charge in [-0.25, -0.2) is 9.59 Å². The van der Waals surface area contributed by atoms with Crippen molar-refractivity contribution < 1.29 is 23.8 Å². The third-order valence-electron chi connectivity index (χ3n) is 8.26. The number of aromatic nitrogens is 1. The maximum Gasteiger partial charge on any atom is 0.340 e. The van der Waals surface area contributed by atoms with E-state index >= 15 is 0 Å². The van der Waals surface area contributed by atoms with Crippen molar-refractivity contribution in [3.8, 4) is 16.9 Å². The summed E-state index contributed by atoms with van der Waals surface area (Å²) in [7, 11) is 0. The molecule has 44 heavy (non-hydrogen) atoms. The van der Waals surface area contributed by atoms with Gasteiger partial charge in [-0.1, -0.05) is 54.6 Å². The largest absolute Gasteiger partial charge is 0.493 e. The molecular formula is C37H36N2O5. The summed E-state index contributed by atoms with van der Waals surface area (Å²) < 4.78 is 20.6. The predicted octanol–water partition coefficient (Wildman–Crippen LogP) is 7.49. The number of benzene rings is 3. The van der Waals surface area contributed by atoms with Crippen LogP contribution >= 0.6 is 0 Å². The van der Waals surface area contributed by atoms with Crippen LogP contribution < -0.4 is 9.64 Å². The van der Waals surface area contributed by atoms with Gasteiger partial charge in [0.25, 0.3) is 0 Å². The summed E-state index contributed by atoms with van der Waals surface area (Å²) in [5.74, 6) is -0.293. The highest BCUT2D eigenvalue weighted by Crippen LogP contribution is 2.54. The average molecular weight is 589 g/mol. The molecule has 7 nitrogen and oxygen atoms in total. The van der Waals surface area contributed by atoms with Crippen LogP contribution in [0.1, 0.15) is 65.2 Å². The zero-order valence-corrected chi connectivity index (χ0v) is 25.5. The molecule has 1 unspecified atom stereocenters. The molecule has 6 rings (SSSR count). The molecule has 0 aliphatic carbocycles. The maximum absolute atomic E-state index is 13.8. The summed E-state index contributed by atoms with van der Waals surface area (Å²) in [6.07, 6.45) is 1.90. The third-order valence-corrected chi connectivity index (χ3v) is 8.26. The molecule has 0 saturated heterocycles. The van der Waals surface area contributed by atoms with E-state index in [0.717, 1.165) is 24.3 Å². The lowest BCUT2D eigenvalue weighted by atomic mass is 9.79. The van der Waals surface area contributed by atoms with Crippen LogP contribution in [0, 0.1) is 0 Å². The van der Waals surface area contributed by atoms with Crippen molar-refractivity contribution in [3.63, 3.8) is 0 Å². The number of fused-ring (bicyclic) bond motifs is 2. The van der Waals surface area contributed by atoms with Crippen LogP contribution in [0.2, 0.25) is 0 Å². The van der Waals surface area contributed by atoms with Gasteiger partial charge in [0, 0.05) is 47.7 Å². The third kappa shape index (κ3) is 4.51. The molecule has 3 heterocycles. The Kier molecular flexibility index (Phi) is 7.87. The number of pyridine rings is 1. The maximum atomic E-state index is 13.8. The van der Waals surface area contributed by atoms with E-state index in [1.807, 2.05) is 102 Å². The van der Waals surface area contributed by atoms with Crippen LogP contribution in [0.4, 0.5) is 5.69 Å². The van der Waals surface area contributed by atoms with E-state index in [9.17, 15) is 9.59 Å². The Bertz CT molecular complexity index is 1840. The van der Waals surface area contributed by atoms with Gasteiger partial charge >= 0.3 is 11.9 Å². The lowest BCUT2D eigenvalue weighted by molar-refractivity contribution is 0.0231. The van der Waals surface area contributed by atoms with Gasteiger partial charge in [-0.2, -0.15) is 0 Å². The number of rotatable bonds is 10. The monoisotopic (exact) mass is 588 g/mol. The summed E-state index contributed by atoms with van der Waals surface area (Å²) in [4.78, 5) is 29.9. The van der Waals surface area contributed by atoms with Crippen molar-refractivity contribution >= 4 is 23.1 Å². The molecule has 0 amide bonds. The van der Waals surface area contributed by atoms with Gasteiger partial charge in [0.05, 0.1) is 35.6 Å². The SMILES string of the molecule is CCOC(=O)c1c(-c2ccccc2)c(C2(c3ccc(N(CC)CC)cc3OCC)OC(=O)c3ccccc32)n2ccccc12. The van der Waals surface area contributed by atoms with Crippen molar-refractivity contribution in [3.05, 3.63) is 125 Å². The van der Waals surface area contributed by atoms with Crippen LogP contribution in [0.5, 0.6) is 5.75 Å². The van der Waals surface area contributed by atoms with Crippen LogP contribution in [-0.2, 0) is 15.1 Å². The highest BCUT2D eigenvalue weighted by atomic mass is 16.6. The fraction of sp³-hybridized carbons (Fsp3) is 0.243. The predicted molar refractivity (Wildman–Crippen MR) is 172 cm³/mol.